The number of para-hydroxylation sites is 1. The Morgan fingerprint density at radius 1 is 1.00 bits per heavy atom. The first-order valence-electron chi connectivity index (χ1n) is 8.79. The third-order valence-electron chi connectivity index (χ3n) is 3.86. The van der Waals surface area contributed by atoms with E-state index in [2.05, 4.69) is 15.5 Å². The first-order valence-corrected chi connectivity index (χ1v) is 9.17. The molecule has 0 saturated heterocycles. The number of aromatic nitrogens is 2. The number of carbonyl (C=O) groups excluding carboxylic acids is 1. The van der Waals surface area contributed by atoms with E-state index >= 15 is 0 Å². The molecule has 3 rings (SSSR count). The van der Waals surface area contributed by atoms with Crippen LogP contribution in [0.5, 0.6) is 11.6 Å². The molecule has 0 aliphatic rings. The summed E-state index contributed by atoms with van der Waals surface area (Å²) >= 11 is 5.97. The molecule has 1 heterocycles. The molecule has 1 N–H and O–H groups in total. The third kappa shape index (κ3) is 5.69. The molecule has 0 aliphatic carbocycles. The van der Waals surface area contributed by atoms with Crippen molar-refractivity contribution in [2.45, 2.75) is 6.92 Å². The number of hydrogen-bond donors (Lipinski definition) is 1. The van der Waals surface area contributed by atoms with Gasteiger partial charge in [0.15, 0.2) is 6.61 Å². The van der Waals surface area contributed by atoms with Gasteiger partial charge in [-0.25, -0.2) is 0 Å². The van der Waals surface area contributed by atoms with Gasteiger partial charge in [0.05, 0.1) is 17.3 Å². The molecule has 28 heavy (non-hydrogen) atoms. The smallest absolute Gasteiger partial charge is 0.258 e. The van der Waals surface area contributed by atoms with Gasteiger partial charge in [-0.05, 0) is 25.1 Å². The van der Waals surface area contributed by atoms with Crippen molar-refractivity contribution in [3.8, 4) is 22.9 Å². The van der Waals surface area contributed by atoms with Gasteiger partial charge in [-0.1, -0.05) is 53.6 Å². The van der Waals surface area contributed by atoms with Crippen molar-refractivity contribution < 1.29 is 14.3 Å². The molecule has 0 radical (unpaired) electrons. The second-order valence-corrected chi connectivity index (χ2v) is 6.45. The van der Waals surface area contributed by atoms with Crippen molar-refractivity contribution >= 4 is 17.5 Å². The molecule has 0 unspecified atom stereocenters. The lowest BCUT2D eigenvalue weighted by molar-refractivity contribution is -0.123. The molecule has 1 aromatic heterocycles. The molecule has 0 fully saturated rings. The maximum atomic E-state index is 11.8. The molecule has 0 bridgehead atoms. The Labute approximate surface area is 168 Å². The molecule has 3 aromatic rings. The van der Waals surface area contributed by atoms with E-state index in [-0.39, 0.29) is 19.1 Å². The largest absolute Gasteiger partial charge is 0.482 e. The third-order valence-corrected chi connectivity index (χ3v) is 4.17. The summed E-state index contributed by atoms with van der Waals surface area (Å²) in [7, 11) is 0. The van der Waals surface area contributed by atoms with Crippen molar-refractivity contribution in [1.29, 1.82) is 0 Å². The van der Waals surface area contributed by atoms with Crippen LogP contribution in [0.1, 0.15) is 5.56 Å². The lowest BCUT2D eigenvalue weighted by atomic mass is 10.1. The van der Waals surface area contributed by atoms with Crippen LogP contribution in [0.15, 0.2) is 60.7 Å². The molecule has 144 valence electrons. The summed E-state index contributed by atoms with van der Waals surface area (Å²) in [5.41, 5.74) is 2.96. The van der Waals surface area contributed by atoms with Gasteiger partial charge < -0.3 is 14.8 Å². The number of nitrogens with one attached hydrogen (secondary N) is 1. The van der Waals surface area contributed by atoms with Crippen LogP contribution >= 0.6 is 11.6 Å². The van der Waals surface area contributed by atoms with Crippen LogP contribution in [0, 0.1) is 6.92 Å². The van der Waals surface area contributed by atoms with Crippen molar-refractivity contribution in [2.75, 3.05) is 19.8 Å². The number of rotatable bonds is 8. The Balaban J connectivity index is 1.38. The standard InChI is InChI=1S/C21H20ClN3O3/c1-15-6-8-16(9-7-15)18-10-11-21(25-24-18)27-13-12-23-20(26)14-28-19-5-3-2-4-17(19)22/h2-11H,12-14H2,1H3,(H,23,26). The molecular weight excluding hydrogens is 378 g/mol. The number of hydrogen-bond acceptors (Lipinski definition) is 5. The molecule has 1 amide bonds. The number of amides is 1. The van der Waals surface area contributed by atoms with E-state index < -0.39 is 0 Å². The maximum absolute atomic E-state index is 11.8. The summed E-state index contributed by atoms with van der Waals surface area (Å²) in [6.45, 7) is 2.52. The minimum atomic E-state index is -0.260. The molecule has 7 heteroatoms. The van der Waals surface area contributed by atoms with Gasteiger partial charge in [-0.15, -0.1) is 10.2 Å². The van der Waals surface area contributed by atoms with Crippen LogP contribution in [0.2, 0.25) is 5.02 Å². The minimum absolute atomic E-state index is 0.116. The van der Waals surface area contributed by atoms with Crippen molar-refractivity contribution in [3.63, 3.8) is 0 Å². The molecule has 0 spiro atoms. The van der Waals surface area contributed by atoms with Crippen molar-refractivity contribution in [3.05, 3.63) is 71.2 Å². The fraction of sp³-hybridized carbons (Fsp3) is 0.190. The number of aryl methyl sites for hydroxylation is 1. The highest BCUT2D eigenvalue weighted by Crippen LogP contribution is 2.22. The van der Waals surface area contributed by atoms with E-state index in [1.54, 1.807) is 30.3 Å². The maximum Gasteiger partial charge on any atom is 0.258 e. The topological polar surface area (TPSA) is 73.3 Å². The summed E-state index contributed by atoms with van der Waals surface area (Å²) < 4.78 is 10.9. The minimum Gasteiger partial charge on any atom is -0.482 e. The molecular formula is C21H20ClN3O3. The van der Waals surface area contributed by atoms with Crippen molar-refractivity contribution in [2.24, 2.45) is 0 Å². The average Bonchev–Trinajstić information content (AvgIpc) is 2.72. The monoisotopic (exact) mass is 397 g/mol. The van der Waals surface area contributed by atoms with E-state index in [9.17, 15) is 4.79 Å². The number of ether oxygens (including phenoxy) is 2. The van der Waals surface area contributed by atoms with E-state index in [0.29, 0.717) is 23.2 Å². The number of benzene rings is 2. The van der Waals surface area contributed by atoms with Crippen LogP contribution in [0.3, 0.4) is 0 Å². The lowest BCUT2D eigenvalue weighted by Gasteiger charge is -2.09. The molecule has 2 aromatic carbocycles. The number of nitrogens with zero attached hydrogens (tertiary/aromatic N) is 2. The Morgan fingerprint density at radius 2 is 1.79 bits per heavy atom. The zero-order chi connectivity index (χ0) is 19.8. The fourth-order valence-corrected chi connectivity index (χ4v) is 2.57. The summed E-state index contributed by atoms with van der Waals surface area (Å²) in [5, 5.41) is 11.4. The second-order valence-electron chi connectivity index (χ2n) is 6.04. The molecule has 6 nitrogen and oxygen atoms in total. The highest BCUT2D eigenvalue weighted by Gasteiger charge is 2.06. The predicted molar refractivity (Wildman–Crippen MR) is 108 cm³/mol. The fourth-order valence-electron chi connectivity index (χ4n) is 2.38. The normalized spacial score (nSPS) is 10.4. The van der Waals surface area contributed by atoms with E-state index in [1.165, 1.54) is 5.56 Å². The number of carbonyl (C=O) groups is 1. The molecule has 0 aliphatic heterocycles. The quantitative estimate of drug-likeness (QED) is 0.587. The van der Waals surface area contributed by atoms with Crippen LogP contribution < -0.4 is 14.8 Å². The Kier molecular flexibility index (Phi) is 6.81. The van der Waals surface area contributed by atoms with Gasteiger partial charge in [0.25, 0.3) is 5.91 Å². The van der Waals surface area contributed by atoms with Crippen LogP contribution in [0.25, 0.3) is 11.3 Å². The Hall–Kier alpha value is -3.12. The molecule has 0 saturated carbocycles. The van der Waals surface area contributed by atoms with Crippen LogP contribution in [-0.2, 0) is 4.79 Å². The van der Waals surface area contributed by atoms with Crippen LogP contribution in [0.4, 0.5) is 0 Å². The lowest BCUT2D eigenvalue weighted by Crippen LogP contribution is -2.32. The zero-order valence-electron chi connectivity index (χ0n) is 15.4. The van der Waals surface area contributed by atoms with Gasteiger partial charge in [-0.3, -0.25) is 4.79 Å². The Bertz CT molecular complexity index is 915. The first-order chi connectivity index (χ1) is 13.6. The van der Waals surface area contributed by atoms with Gasteiger partial charge in [0.1, 0.15) is 12.4 Å². The van der Waals surface area contributed by atoms with E-state index in [0.717, 1.165) is 11.3 Å². The van der Waals surface area contributed by atoms with Crippen molar-refractivity contribution in [1.82, 2.24) is 15.5 Å². The zero-order valence-corrected chi connectivity index (χ0v) is 16.1. The Morgan fingerprint density at radius 3 is 2.50 bits per heavy atom. The summed E-state index contributed by atoms with van der Waals surface area (Å²) in [4.78, 5) is 11.8. The van der Waals surface area contributed by atoms with Gasteiger partial charge in [0, 0.05) is 11.6 Å². The first kappa shape index (κ1) is 19.6. The summed E-state index contributed by atoms with van der Waals surface area (Å²) in [6, 6.07) is 18.7. The highest BCUT2D eigenvalue weighted by molar-refractivity contribution is 6.32. The number of halogens is 1. The summed E-state index contributed by atoms with van der Waals surface area (Å²) in [5.74, 6) is 0.612. The van der Waals surface area contributed by atoms with E-state index in [1.807, 2.05) is 37.3 Å². The van der Waals surface area contributed by atoms with Gasteiger partial charge >= 0.3 is 0 Å². The predicted octanol–water partition coefficient (Wildman–Crippen LogP) is 3.68. The SMILES string of the molecule is Cc1ccc(-c2ccc(OCCNC(=O)COc3ccccc3Cl)nn2)cc1. The van der Waals surface area contributed by atoms with Crippen LogP contribution in [-0.4, -0.2) is 35.9 Å². The van der Waals surface area contributed by atoms with E-state index in [4.69, 9.17) is 21.1 Å². The molecule has 0 atom stereocenters. The summed E-state index contributed by atoms with van der Waals surface area (Å²) in [6.07, 6.45) is 0. The second kappa shape index (κ2) is 9.71. The van der Waals surface area contributed by atoms with Gasteiger partial charge in [-0.2, -0.15) is 0 Å². The highest BCUT2D eigenvalue weighted by atomic mass is 35.5. The average molecular weight is 398 g/mol. The van der Waals surface area contributed by atoms with Gasteiger partial charge in [0.2, 0.25) is 5.88 Å².